The number of likely N-dealkylation sites (tertiary alicyclic amines) is 1. The molecule has 0 radical (unpaired) electrons. The van der Waals surface area contributed by atoms with Crippen LogP contribution in [0.2, 0.25) is 5.02 Å². The molecule has 0 aliphatic carbocycles. The number of amides is 1. The summed E-state index contributed by atoms with van der Waals surface area (Å²) in [6.45, 7) is 1.84. The fourth-order valence-corrected chi connectivity index (χ4v) is 3.35. The lowest BCUT2D eigenvalue weighted by Crippen LogP contribution is -2.49. The first-order valence-electron chi connectivity index (χ1n) is 9.29. The molecule has 1 amide bonds. The van der Waals surface area contributed by atoms with E-state index < -0.39 is 11.5 Å². The predicted octanol–water partition coefficient (Wildman–Crippen LogP) is 4.09. The highest BCUT2D eigenvalue weighted by Crippen LogP contribution is 2.27. The van der Waals surface area contributed by atoms with Gasteiger partial charge >= 0.3 is 0 Å². The quantitative estimate of drug-likeness (QED) is 0.701. The lowest BCUT2D eigenvalue weighted by Gasteiger charge is -2.36. The Labute approximate surface area is 168 Å². The number of carbonyl (C=O) groups excluding carboxylic acids is 1. The van der Waals surface area contributed by atoms with Gasteiger partial charge in [-0.3, -0.25) is 4.79 Å². The van der Waals surface area contributed by atoms with E-state index in [2.05, 4.69) is 5.32 Å². The van der Waals surface area contributed by atoms with Gasteiger partial charge in [-0.2, -0.15) is 0 Å². The van der Waals surface area contributed by atoms with Gasteiger partial charge in [-0.25, -0.2) is 8.78 Å². The van der Waals surface area contributed by atoms with Gasteiger partial charge in [0.2, 0.25) is 0 Å². The first kappa shape index (κ1) is 20.6. The minimum Gasteiger partial charge on any atom is -0.492 e. The van der Waals surface area contributed by atoms with Gasteiger partial charge in [-0.05, 0) is 30.3 Å². The summed E-state index contributed by atoms with van der Waals surface area (Å²) in [4.78, 5) is 14.1. The molecule has 7 heteroatoms. The van der Waals surface area contributed by atoms with Crippen molar-refractivity contribution in [1.29, 1.82) is 0 Å². The molecule has 1 saturated heterocycles. The smallest absolute Gasteiger partial charge is 0.253 e. The molecule has 150 valence electrons. The Kier molecular flexibility index (Phi) is 6.86. The van der Waals surface area contributed by atoms with E-state index in [1.165, 1.54) is 18.2 Å². The first-order chi connectivity index (χ1) is 13.5. The molecule has 0 atom stereocenters. The highest BCUT2D eigenvalue weighted by molar-refractivity contribution is 6.31. The van der Waals surface area contributed by atoms with E-state index in [9.17, 15) is 13.6 Å². The molecule has 1 aliphatic heterocycles. The normalized spacial score (nSPS) is 16.0. The van der Waals surface area contributed by atoms with E-state index in [-0.39, 0.29) is 30.3 Å². The molecule has 2 aromatic carbocycles. The average Bonchev–Trinajstić information content (AvgIpc) is 2.71. The van der Waals surface area contributed by atoms with Crippen molar-refractivity contribution in [2.75, 3.05) is 32.8 Å². The number of alkyl halides is 1. The highest BCUT2D eigenvalue weighted by Gasteiger charge is 2.35. The molecule has 4 nitrogen and oxygen atoms in total. The van der Waals surface area contributed by atoms with Crippen LogP contribution in [0.3, 0.4) is 0 Å². The van der Waals surface area contributed by atoms with Crippen LogP contribution in [0.5, 0.6) is 5.75 Å². The van der Waals surface area contributed by atoms with Crippen molar-refractivity contribution in [2.24, 2.45) is 0 Å². The lowest BCUT2D eigenvalue weighted by atomic mass is 9.93. The molecule has 1 fully saturated rings. The Morgan fingerprint density at radius 3 is 2.57 bits per heavy atom. The third-order valence-electron chi connectivity index (χ3n) is 4.85. The summed E-state index contributed by atoms with van der Waals surface area (Å²) in [7, 11) is 0. The van der Waals surface area contributed by atoms with Crippen molar-refractivity contribution in [1.82, 2.24) is 10.2 Å². The molecule has 1 aliphatic rings. The number of carbonyl (C=O) groups is 1. The van der Waals surface area contributed by atoms with Crippen LogP contribution in [0.15, 0.2) is 48.5 Å². The lowest BCUT2D eigenvalue weighted by molar-refractivity contribution is 0.0433. The number of benzene rings is 2. The Balaban J connectivity index is 1.40. The molecule has 0 saturated carbocycles. The van der Waals surface area contributed by atoms with Crippen molar-refractivity contribution in [3.63, 3.8) is 0 Å². The molecule has 3 rings (SSSR count). The third kappa shape index (κ3) is 5.42. The second-order valence-electron chi connectivity index (χ2n) is 6.91. The fourth-order valence-electron chi connectivity index (χ4n) is 3.17. The minimum atomic E-state index is -1.36. The largest absolute Gasteiger partial charge is 0.492 e. The van der Waals surface area contributed by atoms with Crippen LogP contribution in [0.25, 0.3) is 0 Å². The Morgan fingerprint density at radius 2 is 1.89 bits per heavy atom. The second kappa shape index (κ2) is 9.34. The molecule has 28 heavy (non-hydrogen) atoms. The van der Waals surface area contributed by atoms with Gasteiger partial charge < -0.3 is 15.0 Å². The van der Waals surface area contributed by atoms with Gasteiger partial charge in [-0.15, -0.1) is 0 Å². The van der Waals surface area contributed by atoms with E-state index in [0.717, 1.165) is 5.75 Å². The van der Waals surface area contributed by atoms with E-state index in [1.807, 2.05) is 30.3 Å². The average molecular weight is 409 g/mol. The SMILES string of the molecule is O=C(c1ccc(F)c(Cl)c1)N1CCC(F)(CNCCOc2ccccc2)CC1. The zero-order valence-electron chi connectivity index (χ0n) is 15.5. The number of ether oxygens (including phenoxy) is 1. The van der Waals surface area contributed by atoms with Crippen molar-refractivity contribution < 1.29 is 18.3 Å². The molecule has 0 bridgehead atoms. The van der Waals surface area contributed by atoms with Gasteiger partial charge in [0.15, 0.2) is 0 Å². The van der Waals surface area contributed by atoms with Gasteiger partial charge in [0, 0.05) is 44.6 Å². The molecule has 0 unspecified atom stereocenters. The van der Waals surface area contributed by atoms with Crippen molar-refractivity contribution in [2.45, 2.75) is 18.5 Å². The maximum absolute atomic E-state index is 15.0. The molecule has 0 aromatic heterocycles. The van der Waals surface area contributed by atoms with Crippen molar-refractivity contribution >= 4 is 17.5 Å². The number of para-hydroxylation sites is 1. The zero-order valence-corrected chi connectivity index (χ0v) is 16.2. The predicted molar refractivity (Wildman–Crippen MR) is 105 cm³/mol. The maximum Gasteiger partial charge on any atom is 0.253 e. The Morgan fingerprint density at radius 1 is 1.18 bits per heavy atom. The van der Waals surface area contributed by atoms with Crippen LogP contribution in [0.1, 0.15) is 23.2 Å². The summed E-state index contributed by atoms with van der Waals surface area (Å²) in [6.07, 6.45) is 0.500. The summed E-state index contributed by atoms with van der Waals surface area (Å²) in [5.41, 5.74) is -1.04. The Bertz CT molecular complexity index is 796. The van der Waals surface area contributed by atoms with Crippen molar-refractivity contribution in [3.05, 3.63) is 64.9 Å². The van der Waals surface area contributed by atoms with Crippen LogP contribution in [0.4, 0.5) is 8.78 Å². The topological polar surface area (TPSA) is 41.6 Å². The summed E-state index contributed by atoms with van der Waals surface area (Å²) in [5, 5.41) is 3.00. The summed E-state index contributed by atoms with van der Waals surface area (Å²) < 4.78 is 33.8. The van der Waals surface area contributed by atoms with E-state index in [0.29, 0.717) is 31.8 Å². The summed E-state index contributed by atoms with van der Waals surface area (Å²) >= 11 is 5.74. The maximum atomic E-state index is 15.0. The van der Waals surface area contributed by atoms with Crippen LogP contribution >= 0.6 is 11.6 Å². The van der Waals surface area contributed by atoms with Crippen LogP contribution < -0.4 is 10.1 Å². The van der Waals surface area contributed by atoms with Gasteiger partial charge in [0.25, 0.3) is 5.91 Å². The third-order valence-corrected chi connectivity index (χ3v) is 5.14. The molecule has 1 heterocycles. The fraction of sp³-hybridized carbons (Fsp3) is 0.381. The van der Waals surface area contributed by atoms with Gasteiger partial charge in [-0.1, -0.05) is 29.8 Å². The highest BCUT2D eigenvalue weighted by atomic mass is 35.5. The molecule has 0 spiro atoms. The molecule has 1 N–H and O–H groups in total. The number of nitrogens with one attached hydrogen (secondary N) is 1. The number of rotatable bonds is 7. The zero-order chi connectivity index (χ0) is 20.0. The number of hydrogen-bond donors (Lipinski definition) is 1. The first-order valence-corrected chi connectivity index (χ1v) is 9.66. The van der Waals surface area contributed by atoms with Crippen LogP contribution in [-0.4, -0.2) is 49.3 Å². The van der Waals surface area contributed by atoms with Gasteiger partial charge in [0.1, 0.15) is 23.8 Å². The number of nitrogens with zero attached hydrogens (tertiary/aromatic N) is 1. The minimum absolute atomic E-state index is 0.0929. The standard InChI is InChI=1S/C21H23ClF2N2O2/c22-18-14-16(6-7-19(18)23)20(27)26-11-8-21(24,9-12-26)15-25-10-13-28-17-4-2-1-3-5-17/h1-7,14,25H,8-13,15H2. The summed E-state index contributed by atoms with van der Waals surface area (Å²) in [6, 6.07) is 13.3. The van der Waals surface area contributed by atoms with Gasteiger partial charge in [0.05, 0.1) is 5.02 Å². The van der Waals surface area contributed by atoms with E-state index in [1.54, 1.807) is 4.90 Å². The Hall–Kier alpha value is -2.18. The number of piperidine rings is 1. The molecular formula is C21H23ClF2N2O2. The monoisotopic (exact) mass is 408 g/mol. The molecule has 2 aromatic rings. The summed E-state index contributed by atoms with van der Waals surface area (Å²) in [5.74, 6) is -0.0397. The van der Waals surface area contributed by atoms with Crippen molar-refractivity contribution in [3.8, 4) is 5.75 Å². The van der Waals surface area contributed by atoms with Crippen LogP contribution in [-0.2, 0) is 0 Å². The van der Waals surface area contributed by atoms with E-state index in [4.69, 9.17) is 16.3 Å². The molecular weight excluding hydrogens is 386 g/mol. The second-order valence-corrected chi connectivity index (χ2v) is 7.32. The van der Waals surface area contributed by atoms with Crippen LogP contribution in [0, 0.1) is 5.82 Å². The van der Waals surface area contributed by atoms with E-state index >= 15 is 0 Å². The number of halogens is 3. The number of hydrogen-bond acceptors (Lipinski definition) is 3.